The highest BCUT2D eigenvalue weighted by atomic mass is 35.5. The molecule has 1 aliphatic rings. The Kier molecular flexibility index (Phi) is 11.0. The van der Waals surface area contributed by atoms with E-state index in [4.69, 9.17) is 30.0 Å². The standard InChI is InChI=1S/C27H40ClNO9S2/c1-17-10-12-18(13-11-17)40(33,34)38-22-19(27(8,16-28)39-15-20(30)35-9)14-29(24(32)37-26(5,6)7)21(22)23(31)36-25(2,3)4/h10-13,19,21-22H,14-16H2,1-9H3/t19-,21+,22+,27?/m1/s1. The minimum Gasteiger partial charge on any atom is -0.468 e. The summed E-state index contributed by atoms with van der Waals surface area (Å²) in [5, 5.41) is 0. The zero-order valence-electron chi connectivity index (χ0n) is 24.5. The van der Waals surface area contributed by atoms with Gasteiger partial charge < -0.3 is 14.2 Å². The normalized spacial score (nSPS) is 21.4. The summed E-state index contributed by atoms with van der Waals surface area (Å²) in [5.41, 5.74) is -1.02. The minimum absolute atomic E-state index is 0.0625. The van der Waals surface area contributed by atoms with Gasteiger partial charge in [-0.3, -0.25) is 13.9 Å². The molecule has 4 atom stereocenters. The van der Waals surface area contributed by atoms with Crippen LogP contribution in [0.1, 0.15) is 54.0 Å². The van der Waals surface area contributed by atoms with Crippen LogP contribution in [-0.4, -0.2) is 84.7 Å². The van der Waals surface area contributed by atoms with Gasteiger partial charge in [0.2, 0.25) is 0 Å². The van der Waals surface area contributed by atoms with Crippen LogP contribution in [0.25, 0.3) is 0 Å². The highest BCUT2D eigenvalue weighted by molar-refractivity contribution is 8.01. The molecule has 2 rings (SSSR count). The van der Waals surface area contributed by atoms with E-state index < -0.39 is 62.2 Å². The summed E-state index contributed by atoms with van der Waals surface area (Å²) in [6, 6.07) is 4.55. The molecule has 226 valence electrons. The van der Waals surface area contributed by atoms with Crippen LogP contribution in [0.5, 0.6) is 0 Å². The van der Waals surface area contributed by atoms with Crippen LogP contribution in [0, 0.1) is 12.8 Å². The Morgan fingerprint density at radius 2 is 1.55 bits per heavy atom. The first-order chi connectivity index (χ1) is 18.2. The highest BCUT2D eigenvalue weighted by Crippen LogP contribution is 2.45. The number of amides is 1. The summed E-state index contributed by atoms with van der Waals surface area (Å²) in [7, 11) is -3.17. The molecule has 1 aromatic rings. The molecular weight excluding hydrogens is 582 g/mol. The van der Waals surface area contributed by atoms with Gasteiger partial charge in [0.05, 0.1) is 17.8 Å². The van der Waals surface area contributed by atoms with Crippen molar-refractivity contribution in [3.05, 3.63) is 29.8 Å². The van der Waals surface area contributed by atoms with Gasteiger partial charge in [0.15, 0.2) is 6.04 Å². The molecule has 1 amide bonds. The third-order valence-corrected chi connectivity index (χ3v) is 9.58. The number of methoxy groups -OCH3 is 1. The number of carbonyl (C=O) groups excluding carboxylic acids is 3. The average molecular weight is 622 g/mol. The molecule has 0 bridgehead atoms. The van der Waals surface area contributed by atoms with Gasteiger partial charge in [-0.25, -0.2) is 9.59 Å². The number of halogens is 1. The van der Waals surface area contributed by atoms with E-state index in [1.54, 1.807) is 60.6 Å². The molecule has 0 radical (unpaired) electrons. The SMILES string of the molecule is COC(=O)CSC(C)(CCl)[C@@H]1CN(C(=O)OC(C)(C)C)[C@H](C(=O)OC(C)(C)C)[C@H]1OS(=O)(=O)c1ccc(C)cc1. The van der Waals surface area contributed by atoms with Crippen molar-refractivity contribution in [3.8, 4) is 0 Å². The van der Waals surface area contributed by atoms with Gasteiger partial charge in [0.1, 0.15) is 17.3 Å². The molecule has 1 unspecified atom stereocenters. The maximum Gasteiger partial charge on any atom is 0.411 e. The monoisotopic (exact) mass is 621 g/mol. The number of rotatable bonds is 9. The largest absolute Gasteiger partial charge is 0.468 e. The number of aryl methyl sites for hydroxylation is 1. The first-order valence-electron chi connectivity index (χ1n) is 12.7. The molecule has 1 heterocycles. The van der Waals surface area contributed by atoms with E-state index in [2.05, 4.69) is 0 Å². The molecule has 0 spiro atoms. The average Bonchev–Trinajstić information content (AvgIpc) is 3.20. The lowest BCUT2D eigenvalue weighted by molar-refractivity contribution is -0.162. The van der Waals surface area contributed by atoms with E-state index in [1.807, 2.05) is 6.92 Å². The number of benzene rings is 1. The molecule has 1 fully saturated rings. The number of thioether (sulfide) groups is 1. The van der Waals surface area contributed by atoms with E-state index in [9.17, 15) is 22.8 Å². The molecule has 1 aliphatic heterocycles. The first kappa shape index (κ1) is 34.2. The van der Waals surface area contributed by atoms with Gasteiger partial charge >= 0.3 is 18.0 Å². The number of likely N-dealkylation sites (tertiary alicyclic amines) is 1. The number of ether oxygens (including phenoxy) is 3. The van der Waals surface area contributed by atoms with E-state index in [0.29, 0.717) is 0 Å². The van der Waals surface area contributed by atoms with Crippen LogP contribution < -0.4 is 0 Å². The fourth-order valence-electron chi connectivity index (χ4n) is 4.05. The Labute approximate surface area is 246 Å². The van der Waals surface area contributed by atoms with Crippen LogP contribution in [0.3, 0.4) is 0 Å². The van der Waals surface area contributed by atoms with Gasteiger partial charge in [-0.1, -0.05) is 17.7 Å². The first-order valence-corrected chi connectivity index (χ1v) is 15.6. The van der Waals surface area contributed by atoms with E-state index in [-0.39, 0.29) is 23.1 Å². The van der Waals surface area contributed by atoms with Crippen molar-refractivity contribution in [1.29, 1.82) is 0 Å². The summed E-state index contributed by atoms with van der Waals surface area (Å²) >= 11 is 7.55. The quantitative estimate of drug-likeness (QED) is 0.168. The van der Waals surface area contributed by atoms with Crippen molar-refractivity contribution in [3.63, 3.8) is 0 Å². The number of alkyl halides is 1. The zero-order valence-corrected chi connectivity index (χ0v) is 26.9. The maximum atomic E-state index is 13.6. The van der Waals surface area contributed by atoms with Crippen molar-refractivity contribution in [2.24, 2.45) is 5.92 Å². The van der Waals surface area contributed by atoms with Crippen LogP contribution in [-0.2, 0) is 38.1 Å². The van der Waals surface area contributed by atoms with Crippen LogP contribution >= 0.6 is 23.4 Å². The van der Waals surface area contributed by atoms with E-state index in [1.165, 1.54) is 19.2 Å². The number of hydrogen-bond donors (Lipinski definition) is 0. The third kappa shape index (κ3) is 8.99. The van der Waals surface area contributed by atoms with E-state index in [0.717, 1.165) is 22.2 Å². The second-order valence-corrected chi connectivity index (χ2v) is 15.2. The molecule has 0 N–H and O–H groups in total. The fraction of sp³-hybridized carbons (Fsp3) is 0.667. The Morgan fingerprint density at radius 1 is 1.00 bits per heavy atom. The van der Waals surface area contributed by atoms with Crippen molar-refractivity contribution < 1.29 is 41.2 Å². The minimum atomic E-state index is -4.42. The molecule has 1 aromatic carbocycles. The molecule has 0 aliphatic carbocycles. The van der Waals surface area contributed by atoms with Crippen molar-refractivity contribution in [2.75, 3.05) is 25.3 Å². The molecule has 1 saturated heterocycles. The Balaban J connectivity index is 2.68. The maximum absolute atomic E-state index is 13.6. The van der Waals surface area contributed by atoms with Gasteiger partial charge in [0, 0.05) is 23.1 Å². The molecule has 10 nitrogen and oxygen atoms in total. The predicted molar refractivity (Wildman–Crippen MR) is 153 cm³/mol. The Bertz CT molecular complexity index is 1180. The summed E-state index contributed by atoms with van der Waals surface area (Å²) in [4.78, 5) is 40.0. The number of esters is 2. The van der Waals surface area contributed by atoms with Crippen LogP contribution in [0.15, 0.2) is 29.2 Å². The fourth-order valence-corrected chi connectivity index (χ4v) is 6.66. The summed E-state index contributed by atoms with van der Waals surface area (Å²) in [6.45, 7) is 13.4. The van der Waals surface area contributed by atoms with Crippen molar-refractivity contribution in [1.82, 2.24) is 4.90 Å². The predicted octanol–water partition coefficient (Wildman–Crippen LogP) is 4.55. The molecular formula is C27H40ClNO9S2. The zero-order chi connectivity index (χ0) is 30.7. The molecule has 0 aromatic heterocycles. The summed E-state index contributed by atoms with van der Waals surface area (Å²) in [5.74, 6) is -2.38. The summed E-state index contributed by atoms with van der Waals surface area (Å²) < 4.78 is 47.8. The van der Waals surface area contributed by atoms with E-state index >= 15 is 0 Å². The third-order valence-electron chi connectivity index (χ3n) is 6.06. The Morgan fingerprint density at radius 3 is 2.02 bits per heavy atom. The smallest absolute Gasteiger partial charge is 0.411 e. The highest BCUT2D eigenvalue weighted by Gasteiger charge is 2.58. The number of nitrogens with zero attached hydrogens (tertiary/aromatic N) is 1. The number of hydrogen-bond acceptors (Lipinski definition) is 10. The second-order valence-electron chi connectivity index (χ2n) is 11.9. The Hall–Kier alpha value is -2.02. The van der Waals surface area contributed by atoms with Gasteiger partial charge in [-0.15, -0.1) is 23.4 Å². The second kappa shape index (κ2) is 12.9. The van der Waals surface area contributed by atoms with Crippen molar-refractivity contribution in [2.45, 2.75) is 88.4 Å². The molecule has 13 heteroatoms. The lowest BCUT2D eigenvalue weighted by Gasteiger charge is -2.36. The van der Waals surface area contributed by atoms with Crippen molar-refractivity contribution >= 4 is 51.5 Å². The topological polar surface area (TPSA) is 126 Å². The molecule has 0 saturated carbocycles. The lowest BCUT2D eigenvalue weighted by Crippen LogP contribution is -2.51. The van der Waals surface area contributed by atoms with Gasteiger partial charge in [0.25, 0.3) is 10.1 Å². The van der Waals surface area contributed by atoms with Gasteiger partial charge in [-0.05, 0) is 67.5 Å². The van der Waals surface area contributed by atoms with Crippen LogP contribution in [0.2, 0.25) is 0 Å². The number of carbonyl (C=O) groups is 3. The molecule has 40 heavy (non-hydrogen) atoms. The summed E-state index contributed by atoms with van der Waals surface area (Å²) in [6.07, 6.45) is -2.26. The van der Waals surface area contributed by atoms with Crippen LogP contribution in [0.4, 0.5) is 4.79 Å². The lowest BCUT2D eigenvalue weighted by atomic mass is 9.89. The van der Waals surface area contributed by atoms with Gasteiger partial charge in [-0.2, -0.15) is 8.42 Å².